The molecule has 1 aliphatic rings. The number of nitrogens with zero attached hydrogens (tertiary/aromatic N) is 1. The molecule has 0 aromatic heterocycles. The SMILES string of the molecule is CC(NC(=O)C1=CCN(Cc2ccc(F)cc2)CC1)c1ccccc1. The van der Waals surface area contributed by atoms with Gasteiger partial charge in [0.25, 0.3) is 0 Å². The van der Waals surface area contributed by atoms with Crippen LogP contribution in [0.5, 0.6) is 0 Å². The highest BCUT2D eigenvalue weighted by atomic mass is 19.1. The molecule has 2 aromatic rings. The van der Waals surface area contributed by atoms with Gasteiger partial charge in [0.15, 0.2) is 0 Å². The van der Waals surface area contributed by atoms with Crippen LogP contribution in [0.3, 0.4) is 0 Å². The Morgan fingerprint density at radius 2 is 1.88 bits per heavy atom. The minimum absolute atomic E-state index is 0.00755. The third-order valence-electron chi connectivity index (χ3n) is 4.55. The van der Waals surface area contributed by atoms with Crippen molar-refractivity contribution < 1.29 is 9.18 Å². The van der Waals surface area contributed by atoms with E-state index in [1.165, 1.54) is 12.1 Å². The summed E-state index contributed by atoms with van der Waals surface area (Å²) in [6, 6.07) is 16.5. The molecule has 1 unspecified atom stereocenters. The second kappa shape index (κ2) is 8.08. The fourth-order valence-electron chi connectivity index (χ4n) is 3.02. The first-order chi connectivity index (χ1) is 12.1. The summed E-state index contributed by atoms with van der Waals surface area (Å²) in [5.74, 6) is -0.202. The summed E-state index contributed by atoms with van der Waals surface area (Å²) in [7, 11) is 0. The Hall–Kier alpha value is -2.46. The Kier molecular flexibility index (Phi) is 5.61. The monoisotopic (exact) mass is 338 g/mol. The van der Waals surface area contributed by atoms with E-state index >= 15 is 0 Å². The topological polar surface area (TPSA) is 32.3 Å². The molecule has 1 N–H and O–H groups in total. The lowest BCUT2D eigenvalue weighted by atomic mass is 10.0. The Morgan fingerprint density at radius 1 is 1.16 bits per heavy atom. The lowest BCUT2D eigenvalue weighted by Gasteiger charge is -2.26. The molecule has 0 aliphatic carbocycles. The van der Waals surface area contributed by atoms with Gasteiger partial charge in [0.05, 0.1) is 6.04 Å². The van der Waals surface area contributed by atoms with E-state index in [1.54, 1.807) is 0 Å². The molecule has 130 valence electrons. The Morgan fingerprint density at radius 3 is 2.52 bits per heavy atom. The van der Waals surface area contributed by atoms with Crippen molar-refractivity contribution in [2.24, 2.45) is 0 Å². The van der Waals surface area contributed by atoms with Crippen LogP contribution in [-0.4, -0.2) is 23.9 Å². The summed E-state index contributed by atoms with van der Waals surface area (Å²) in [6.45, 7) is 4.33. The van der Waals surface area contributed by atoms with Crippen molar-refractivity contribution in [1.29, 1.82) is 0 Å². The third-order valence-corrected chi connectivity index (χ3v) is 4.55. The van der Waals surface area contributed by atoms with Crippen LogP contribution in [0, 0.1) is 5.82 Å². The maximum absolute atomic E-state index is 13.0. The van der Waals surface area contributed by atoms with E-state index in [1.807, 2.05) is 55.5 Å². The summed E-state index contributed by atoms with van der Waals surface area (Å²) in [5, 5.41) is 3.07. The van der Waals surface area contributed by atoms with Crippen LogP contribution in [-0.2, 0) is 11.3 Å². The zero-order chi connectivity index (χ0) is 17.6. The van der Waals surface area contributed by atoms with E-state index in [-0.39, 0.29) is 17.8 Å². The highest BCUT2D eigenvalue weighted by molar-refractivity contribution is 5.93. The van der Waals surface area contributed by atoms with E-state index in [4.69, 9.17) is 0 Å². The second-order valence-electron chi connectivity index (χ2n) is 6.45. The van der Waals surface area contributed by atoms with E-state index in [0.717, 1.165) is 42.8 Å². The van der Waals surface area contributed by atoms with Crippen molar-refractivity contribution in [3.8, 4) is 0 Å². The first kappa shape index (κ1) is 17.4. The van der Waals surface area contributed by atoms with Crippen molar-refractivity contribution in [2.45, 2.75) is 25.9 Å². The Labute approximate surface area is 148 Å². The van der Waals surface area contributed by atoms with Crippen LogP contribution in [0.1, 0.15) is 30.5 Å². The largest absolute Gasteiger partial charge is 0.346 e. The molecule has 1 aliphatic heterocycles. The second-order valence-corrected chi connectivity index (χ2v) is 6.45. The van der Waals surface area contributed by atoms with Gasteiger partial charge in [-0.2, -0.15) is 0 Å². The summed E-state index contributed by atoms with van der Waals surface area (Å²) in [6.07, 6.45) is 2.73. The Balaban J connectivity index is 1.53. The molecule has 25 heavy (non-hydrogen) atoms. The number of rotatable bonds is 5. The van der Waals surface area contributed by atoms with Crippen molar-refractivity contribution in [3.63, 3.8) is 0 Å². The van der Waals surface area contributed by atoms with E-state index in [9.17, 15) is 9.18 Å². The normalized spacial score (nSPS) is 16.2. The average molecular weight is 338 g/mol. The maximum atomic E-state index is 13.0. The fraction of sp³-hybridized carbons (Fsp3) is 0.286. The van der Waals surface area contributed by atoms with E-state index < -0.39 is 0 Å². The molecule has 3 nitrogen and oxygen atoms in total. The van der Waals surface area contributed by atoms with Gasteiger partial charge in [-0.3, -0.25) is 9.69 Å². The first-order valence-corrected chi connectivity index (χ1v) is 8.63. The number of carbonyl (C=O) groups is 1. The quantitative estimate of drug-likeness (QED) is 0.898. The molecule has 0 fully saturated rings. The van der Waals surface area contributed by atoms with Gasteiger partial charge in [-0.25, -0.2) is 4.39 Å². The van der Waals surface area contributed by atoms with Gasteiger partial charge in [0.2, 0.25) is 5.91 Å². The molecular formula is C21H23FN2O. The smallest absolute Gasteiger partial charge is 0.247 e. The first-order valence-electron chi connectivity index (χ1n) is 8.63. The lowest BCUT2D eigenvalue weighted by Crippen LogP contribution is -2.34. The molecule has 0 saturated heterocycles. The van der Waals surface area contributed by atoms with Crippen molar-refractivity contribution in [2.75, 3.05) is 13.1 Å². The van der Waals surface area contributed by atoms with Crippen LogP contribution in [0.15, 0.2) is 66.2 Å². The number of carbonyl (C=O) groups excluding carboxylic acids is 1. The van der Waals surface area contributed by atoms with Gasteiger partial charge in [0, 0.05) is 25.2 Å². The van der Waals surface area contributed by atoms with Gasteiger partial charge in [0.1, 0.15) is 5.82 Å². The number of hydrogen-bond donors (Lipinski definition) is 1. The number of amides is 1. The van der Waals surface area contributed by atoms with Crippen LogP contribution in [0.2, 0.25) is 0 Å². The zero-order valence-corrected chi connectivity index (χ0v) is 14.4. The number of hydrogen-bond acceptors (Lipinski definition) is 2. The van der Waals surface area contributed by atoms with Gasteiger partial charge < -0.3 is 5.32 Å². The summed E-state index contributed by atoms with van der Waals surface area (Å²) in [4.78, 5) is 14.7. The van der Waals surface area contributed by atoms with Crippen LogP contribution >= 0.6 is 0 Å². The fourth-order valence-corrected chi connectivity index (χ4v) is 3.02. The van der Waals surface area contributed by atoms with Gasteiger partial charge in [-0.05, 0) is 36.6 Å². The zero-order valence-electron chi connectivity index (χ0n) is 14.4. The van der Waals surface area contributed by atoms with Crippen LogP contribution < -0.4 is 5.32 Å². The van der Waals surface area contributed by atoms with Crippen LogP contribution in [0.25, 0.3) is 0 Å². The molecule has 3 rings (SSSR count). The van der Waals surface area contributed by atoms with Gasteiger partial charge in [-0.15, -0.1) is 0 Å². The molecule has 1 heterocycles. The van der Waals surface area contributed by atoms with Crippen molar-refractivity contribution >= 4 is 5.91 Å². The molecule has 4 heteroatoms. The summed E-state index contributed by atoms with van der Waals surface area (Å²) in [5.41, 5.74) is 3.03. The third kappa shape index (κ3) is 4.77. The minimum Gasteiger partial charge on any atom is -0.346 e. The number of benzene rings is 2. The molecule has 0 radical (unpaired) electrons. The number of halogens is 1. The van der Waals surface area contributed by atoms with E-state index in [2.05, 4.69) is 10.2 Å². The molecule has 1 atom stereocenters. The van der Waals surface area contributed by atoms with Crippen molar-refractivity contribution in [3.05, 3.63) is 83.2 Å². The molecule has 0 bridgehead atoms. The lowest BCUT2D eigenvalue weighted by molar-refractivity contribution is -0.118. The molecule has 0 spiro atoms. The molecule has 2 aromatic carbocycles. The van der Waals surface area contributed by atoms with Gasteiger partial charge in [-0.1, -0.05) is 48.5 Å². The highest BCUT2D eigenvalue weighted by Gasteiger charge is 2.18. The average Bonchev–Trinajstić information content (AvgIpc) is 2.65. The molecule has 1 amide bonds. The highest BCUT2D eigenvalue weighted by Crippen LogP contribution is 2.17. The number of nitrogens with one attached hydrogen (secondary N) is 1. The van der Waals surface area contributed by atoms with Crippen LogP contribution in [0.4, 0.5) is 4.39 Å². The summed E-state index contributed by atoms with van der Waals surface area (Å²) < 4.78 is 13.0. The van der Waals surface area contributed by atoms with Crippen molar-refractivity contribution in [1.82, 2.24) is 10.2 Å². The standard InChI is InChI=1S/C21H23FN2O/c1-16(18-5-3-2-4-6-18)23-21(25)19-11-13-24(14-12-19)15-17-7-9-20(22)10-8-17/h2-11,16H,12-15H2,1H3,(H,23,25). The molecular weight excluding hydrogens is 315 g/mol. The molecule has 0 saturated carbocycles. The van der Waals surface area contributed by atoms with Gasteiger partial charge >= 0.3 is 0 Å². The predicted molar refractivity (Wildman–Crippen MR) is 97.4 cm³/mol. The Bertz CT molecular complexity index is 740. The predicted octanol–water partition coefficient (Wildman–Crippen LogP) is 3.84. The minimum atomic E-state index is -0.214. The van der Waals surface area contributed by atoms with E-state index in [0.29, 0.717) is 0 Å². The summed E-state index contributed by atoms with van der Waals surface area (Å²) >= 11 is 0. The maximum Gasteiger partial charge on any atom is 0.247 e.